The van der Waals surface area contributed by atoms with Crippen molar-refractivity contribution in [1.82, 2.24) is 0 Å². The molecule has 1 radical (unpaired) electrons. The fourth-order valence-electron chi connectivity index (χ4n) is 0.702. The summed E-state index contributed by atoms with van der Waals surface area (Å²) in [5.41, 5.74) is 2.57. The summed E-state index contributed by atoms with van der Waals surface area (Å²) in [6.07, 6.45) is 6.69. The first-order valence-corrected chi connectivity index (χ1v) is 3.75. The standard InChI is InChI=1S/C10H17/c1-9(2)7-5-6-8-10(3)4/h7-8H,1,5-6H2,2-4H3. The van der Waals surface area contributed by atoms with Crippen LogP contribution in [0, 0.1) is 6.92 Å². The lowest BCUT2D eigenvalue weighted by Gasteiger charge is -1.90. The van der Waals surface area contributed by atoms with E-state index in [-0.39, 0.29) is 0 Å². The van der Waals surface area contributed by atoms with Crippen LogP contribution in [0.4, 0.5) is 0 Å². The third-order valence-corrected chi connectivity index (χ3v) is 1.21. The highest BCUT2D eigenvalue weighted by molar-refractivity contribution is 5.02. The van der Waals surface area contributed by atoms with Crippen molar-refractivity contribution >= 4 is 0 Å². The van der Waals surface area contributed by atoms with E-state index in [1.807, 2.05) is 6.92 Å². The van der Waals surface area contributed by atoms with Crippen LogP contribution in [-0.2, 0) is 0 Å². The normalized spacial score (nSPS) is 11.4. The van der Waals surface area contributed by atoms with Crippen LogP contribution in [0.5, 0.6) is 0 Å². The maximum atomic E-state index is 3.80. The molecular formula is C10H17. The van der Waals surface area contributed by atoms with E-state index >= 15 is 0 Å². The van der Waals surface area contributed by atoms with E-state index in [4.69, 9.17) is 0 Å². The number of rotatable bonds is 3. The summed E-state index contributed by atoms with van der Waals surface area (Å²) in [4.78, 5) is 0. The van der Waals surface area contributed by atoms with Crippen molar-refractivity contribution in [3.05, 3.63) is 30.2 Å². The van der Waals surface area contributed by atoms with Gasteiger partial charge in [-0.1, -0.05) is 23.3 Å². The molecule has 0 amide bonds. The number of allylic oxidation sites excluding steroid dienone is 4. The third kappa shape index (κ3) is 7.48. The number of hydrogen-bond acceptors (Lipinski definition) is 0. The van der Waals surface area contributed by atoms with Crippen LogP contribution in [0.3, 0.4) is 0 Å². The van der Waals surface area contributed by atoms with E-state index in [0.717, 1.165) is 12.8 Å². The summed E-state index contributed by atoms with van der Waals surface area (Å²) in [7, 11) is 0. The zero-order valence-corrected chi connectivity index (χ0v) is 7.28. The van der Waals surface area contributed by atoms with Crippen LogP contribution in [-0.4, -0.2) is 0 Å². The Morgan fingerprint density at radius 3 is 2.00 bits per heavy atom. The Bertz CT molecular complexity index is 112. The summed E-state index contributed by atoms with van der Waals surface area (Å²) < 4.78 is 0. The summed E-state index contributed by atoms with van der Waals surface area (Å²) in [5.74, 6) is 0. The third-order valence-electron chi connectivity index (χ3n) is 1.21. The second kappa shape index (κ2) is 5.28. The average Bonchev–Trinajstić information content (AvgIpc) is 1.79. The summed E-state index contributed by atoms with van der Waals surface area (Å²) in [5, 5.41) is 0. The molecule has 0 fully saturated rings. The summed E-state index contributed by atoms with van der Waals surface area (Å²) in [6, 6.07) is 0. The molecule has 0 aromatic heterocycles. The quantitative estimate of drug-likeness (QED) is 0.412. The van der Waals surface area contributed by atoms with E-state index in [9.17, 15) is 0 Å². The highest BCUT2D eigenvalue weighted by atomic mass is 13.9. The van der Waals surface area contributed by atoms with Crippen LogP contribution < -0.4 is 0 Å². The Labute approximate surface area is 64.6 Å². The second-order valence-corrected chi connectivity index (χ2v) is 2.91. The summed E-state index contributed by atoms with van der Waals surface area (Å²) in [6.45, 7) is 10.1. The Kier molecular flexibility index (Phi) is 5.00. The zero-order valence-electron chi connectivity index (χ0n) is 7.28. The Balaban J connectivity index is 3.39. The van der Waals surface area contributed by atoms with Gasteiger partial charge in [0.2, 0.25) is 0 Å². The van der Waals surface area contributed by atoms with Gasteiger partial charge in [-0.15, -0.1) is 0 Å². The maximum absolute atomic E-state index is 3.80. The van der Waals surface area contributed by atoms with Crippen molar-refractivity contribution in [2.45, 2.75) is 33.6 Å². The SMILES string of the molecule is [CH2]C(C)=CCCC=C(C)C. The lowest BCUT2D eigenvalue weighted by molar-refractivity contribution is 1.02. The van der Waals surface area contributed by atoms with Gasteiger partial charge in [0.15, 0.2) is 0 Å². The Morgan fingerprint density at radius 1 is 1.10 bits per heavy atom. The molecule has 0 unspecified atom stereocenters. The maximum Gasteiger partial charge on any atom is -0.0286 e. The van der Waals surface area contributed by atoms with E-state index in [0.29, 0.717) is 0 Å². The molecule has 57 valence electrons. The van der Waals surface area contributed by atoms with Crippen molar-refractivity contribution in [2.75, 3.05) is 0 Å². The van der Waals surface area contributed by atoms with Gasteiger partial charge >= 0.3 is 0 Å². The van der Waals surface area contributed by atoms with Crippen molar-refractivity contribution < 1.29 is 0 Å². The second-order valence-electron chi connectivity index (χ2n) is 2.91. The molecule has 0 heterocycles. The molecule has 0 rings (SSSR count). The number of unbranched alkanes of at least 4 members (excludes halogenated alkanes) is 1. The molecule has 0 saturated heterocycles. The molecule has 0 aliphatic heterocycles. The Hall–Kier alpha value is -0.520. The van der Waals surface area contributed by atoms with Crippen LogP contribution in [0.15, 0.2) is 23.3 Å². The van der Waals surface area contributed by atoms with Crippen molar-refractivity contribution in [1.29, 1.82) is 0 Å². The van der Waals surface area contributed by atoms with Crippen LogP contribution in [0.1, 0.15) is 33.6 Å². The Morgan fingerprint density at radius 2 is 1.60 bits per heavy atom. The number of hydrogen-bond donors (Lipinski definition) is 0. The highest BCUT2D eigenvalue weighted by Crippen LogP contribution is 2.00. The minimum absolute atomic E-state index is 1.13. The molecule has 0 aliphatic rings. The lowest BCUT2D eigenvalue weighted by atomic mass is 10.2. The molecule has 0 atom stereocenters. The smallest absolute Gasteiger partial charge is 0.0286 e. The van der Waals surface area contributed by atoms with Gasteiger partial charge < -0.3 is 0 Å². The van der Waals surface area contributed by atoms with Crippen molar-refractivity contribution in [2.24, 2.45) is 0 Å². The first-order chi connectivity index (χ1) is 4.63. The van der Waals surface area contributed by atoms with Gasteiger partial charge in [-0.25, -0.2) is 0 Å². The van der Waals surface area contributed by atoms with Crippen molar-refractivity contribution in [3.63, 3.8) is 0 Å². The van der Waals surface area contributed by atoms with E-state index in [1.165, 1.54) is 11.1 Å². The molecule has 10 heavy (non-hydrogen) atoms. The van der Waals surface area contributed by atoms with Gasteiger partial charge in [0.1, 0.15) is 0 Å². The molecule has 0 heteroatoms. The van der Waals surface area contributed by atoms with Gasteiger partial charge in [-0.3, -0.25) is 0 Å². The van der Waals surface area contributed by atoms with Gasteiger partial charge in [-0.05, 0) is 40.5 Å². The van der Waals surface area contributed by atoms with Gasteiger partial charge in [0, 0.05) is 0 Å². The van der Waals surface area contributed by atoms with E-state index in [1.54, 1.807) is 0 Å². The fraction of sp³-hybridized carbons (Fsp3) is 0.500. The predicted molar refractivity (Wildman–Crippen MR) is 47.8 cm³/mol. The molecule has 0 saturated carbocycles. The average molecular weight is 137 g/mol. The molecule has 0 aliphatic carbocycles. The zero-order chi connectivity index (χ0) is 7.98. The van der Waals surface area contributed by atoms with Crippen LogP contribution in [0.25, 0.3) is 0 Å². The van der Waals surface area contributed by atoms with Gasteiger partial charge in [0.05, 0.1) is 0 Å². The topological polar surface area (TPSA) is 0 Å². The van der Waals surface area contributed by atoms with Crippen LogP contribution in [0.2, 0.25) is 0 Å². The highest BCUT2D eigenvalue weighted by Gasteiger charge is 1.79. The molecule has 0 N–H and O–H groups in total. The molecule has 0 aromatic carbocycles. The van der Waals surface area contributed by atoms with Gasteiger partial charge in [0.25, 0.3) is 0 Å². The predicted octanol–water partition coefficient (Wildman–Crippen LogP) is 3.51. The summed E-state index contributed by atoms with van der Waals surface area (Å²) >= 11 is 0. The van der Waals surface area contributed by atoms with Crippen LogP contribution >= 0.6 is 0 Å². The monoisotopic (exact) mass is 137 g/mol. The van der Waals surface area contributed by atoms with Crippen molar-refractivity contribution in [3.8, 4) is 0 Å². The minimum Gasteiger partial charge on any atom is -0.0856 e. The minimum atomic E-state index is 1.13. The fourth-order valence-corrected chi connectivity index (χ4v) is 0.702. The first kappa shape index (κ1) is 9.48. The molecule has 0 nitrogen and oxygen atoms in total. The van der Waals surface area contributed by atoms with E-state index in [2.05, 4.69) is 32.9 Å². The molecule has 0 aromatic rings. The molecule has 0 spiro atoms. The largest absolute Gasteiger partial charge is 0.0856 e. The lowest BCUT2D eigenvalue weighted by Crippen LogP contribution is -1.70. The molecular weight excluding hydrogens is 120 g/mol. The first-order valence-electron chi connectivity index (χ1n) is 3.75. The molecule has 0 bridgehead atoms. The van der Waals surface area contributed by atoms with Gasteiger partial charge in [-0.2, -0.15) is 0 Å². The van der Waals surface area contributed by atoms with E-state index < -0.39 is 0 Å².